The molecular formula is C30H26F4N4O3. The molecule has 3 aromatic carbocycles. The van der Waals surface area contributed by atoms with Gasteiger partial charge in [-0.1, -0.05) is 36.4 Å². The van der Waals surface area contributed by atoms with Gasteiger partial charge in [-0.05, 0) is 61.9 Å². The number of carbonyl (C=O) groups excluding carboxylic acids is 2. The first kappa shape index (κ1) is 28.0. The molecule has 0 bridgehead atoms. The molecule has 5 rings (SSSR count). The second-order valence-electron chi connectivity index (χ2n) is 9.69. The second-order valence-corrected chi connectivity index (χ2v) is 9.69. The molecule has 7 nitrogen and oxygen atoms in total. The average Bonchev–Trinajstić information content (AvgIpc) is 3.34. The van der Waals surface area contributed by atoms with Gasteiger partial charge >= 0.3 is 6.18 Å². The van der Waals surface area contributed by atoms with Gasteiger partial charge < -0.3 is 10.4 Å². The maximum atomic E-state index is 14.1. The number of carbonyl (C=O) groups is 2. The Hall–Kier alpha value is -4.51. The number of aromatic nitrogens is 2. The van der Waals surface area contributed by atoms with Crippen LogP contribution in [0.5, 0.6) is 0 Å². The number of fused-ring (bicyclic) bond motifs is 1. The van der Waals surface area contributed by atoms with E-state index < -0.39 is 47.4 Å². The number of likely N-dealkylation sites (N-methyl/N-ethyl adjacent to an activating group) is 1. The van der Waals surface area contributed by atoms with Gasteiger partial charge in [-0.25, -0.2) is 9.07 Å². The number of anilines is 1. The molecule has 11 heteroatoms. The molecule has 0 radical (unpaired) electrons. The number of para-hydroxylation sites is 1. The number of aliphatic hydroxyl groups excluding tert-OH is 1. The summed E-state index contributed by atoms with van der Waals surface area (Å²) in [5.74, 6) is -2.53. The van der Waals surface area contributed by atoms with Crippen molar-refractivity contribution < 1.29 is 32.3 Å². The molecule has 212 valence electrons. The maximum Gasteiger partial charge on any atom is 0.416 e. The largest absolute Gasteiger partial charge is 0.416 e. The number of nitrogens with zero attached hydrogens (tertiary/aromatic N) is 3. The lowest BCUT2D eigenvalue weighted by Crippen LogP contribution is -2.55. The third-order valence-electron chi connectivity index (χ3n) is 7.04. The van der Waals surface area contributed by atoms with Crippen LogP contribution < -0.4 is 10.2 Å². The Labute approximate surface area is 233 Å². The number of nitrogens with one attached hydrogen (secondary N) is 1. The number of hydrogen-bond acceptors (Lipinski definition) is 4. The summed E-state index contributed by atoms with van der Waals surface area (Å²) in [4.78, 5) is 28.8. The number of alkyl halides is 3. The number of amides is 2. The van der Waals surface area contributed by atoms with Crippen LogP contribution in [-0.4, -0.2) is 39.3 Å². The van der Waals surface area contributed by atoms with Crippen LogP contribution in [-0.2, 0) is 11.0 Å². The van der Waals surface area contributed by atoms with E-state index in [1.807, 2.05) is 6.07 Å². The number of hydrogen-bond donors (Lipinski definition) is 2. The van der Waals surface area contributed by atoms with E-state index in [0.717, 1.165) is 12.1 Å². The van der Waals surface area contributed by atoms with E-state index in [-0.39, 0.29) is 17.8 Å². The minimum Gasteiger partial charge on any atom is -0.387 e. The van der Waals surface area contributed by atoms with Gasteiger partial charge in [0.2, 0.25) is 0 Å². The van der Waals surface area contributed by atoms with Gasteiger partial charge in [-0.15, -0.1) is 0 Å². The summed E-state index contributed by atoms with van der Waals surface area (Å²) in [5, 5.41) is 18.1. The van der Waals surface area contributed by atoms with Crippen LogP contribution in [0.3, 0.4) is 0 Å². The van der Waals surface area contributed by atoms with Crippen LogP contribution in [0, 0.1) is 5.82 Å². The van der Waals surface area contributed by atoms with Crippen molar-refractivity contribution in [3.05, 3.63) is 113 Å². The lowest BCUT2D eigenvalue weighted by atomic mass is 9.80. The molecule has 2 heterocycles. The smallest absolute Gasteiger partial charge is 0.387 e. The van der Waals surface area contributed by atoms with Crippen molar-refractivity contribution in [1.29, 1.82) is 0 Å². The minimum atomic E-state index is -4.67. The van der Waals surface area contributed by atoms with Gasteiger partial charge in [-0.2, -0.15) is 18.3 Å². The van der Waals surface area contributed by atoms with E-state index in [9.17, 15) is 32.3 Å². The van der Waals surface area contributed by atoms with Crippen LogP contribution in [0.25, 0.3) is 5.69 Å². The fraction of sp³-hybridized carbons (Fsp3) is 0.233. The Morgan fingerprint density at radius 1 is 1.05 bits per heavy atom. The molecule has 0 fully saturated rings. The van der Waals surface area contributed by atoms with Gasteiger partial charge in [0.15, 0.2) is 0 Å². The fourth-order valence-corrected chi connectivity index (χ4v) is 5.18. The van der Waals surface area contributed by atoms with Crippen LogP contribution in [0.4, 0.5) is 23.4 Å². The second kappa shape index (κ2) is 10.8. The Morgan fingerprint density at radius 2 is 1.73 bits per heavy atom. The van der Waals surface area contributed by atoms with Crippen molar-refractivity contribution in [3.8, 4) is 5.69 Å². The van der Waals surface area contributed by atoms with Crippen molar-refractivity contribution in [3.63, 3.8) is 0 Å². The van der Waals surface area contributed by atoms with E-state index in [2.05, 4.69) is 10.4 Å². The predicted octanol–water partition coefficient (Wildman–Crippen LogP) is 5.38. The summed E-state index contributed by atoms with van der Waals surface area (Å²) in [6.45, 7) is 3.41. The SMILES string of the molecule is CCN1C(=O)[C@@H](NC(=O)c2cccc(C(F)(F)F)c2)[C@@H](c2ccc(F)cc2)c2c(C(C)O)nn(-c3ccccc3)c21. The Kier molecular flexibility index (Phi) is 7.39. The summed E-state index contributed by atoms with van der Waals surface area (Å²) in [7, 11) is 0. The maximum absolute atomic E-state index is 14.1. The summed E-state index contributed by atoms with van der Waals surface area (Å²) in [5.41, 5.74) is 0.448. The summed E-state index contributed by atoms with van der Waals surface area (Å²) in [6.07, 6.45) is -5.76. The summed E-state index contributed by atoms with van der Waals surface area (Å²) < 4.78 is 55.5. The van der Waals surface area contributed by atoms with Crippen LogP contribution in [0.2, 0.25) is 0 Å². The normalized spacial score (nSPS) is 17.7. The predicted molar refractivity (Wildman–Crippen MR) is 143 cm³/mol. The molecule has 0 aliphatic carbocycles. The first-order valence-electron chi connectivity index (χ1n) is 12.9. The lowest BCUT2D eigenvalue weighted by Gasteiger charge is -2.38. The van der Waals surface area contributed by atoms with E-state index in [0.29, 0.717) is 28.7 Å². The highest BCUT2D eigenvalue weighted by Crippen LogP contribution is 2.45. The van der Waals surface area contributed by atoms with Gasteiger partial charge in [0, 0.05) is 23.6 Å². The van der Waals surface area contributed by atoms with Crippen molar-refractivity contribution in [2.75, 3.05) is 11.4 Å². The number of aliphatic hydroxyl groups is 1. The van der Waals surface area contributed by atoms with Gasteiger partial charge in [0.1, 0.15) is 17.7 Å². The zero-order valence-electron chi connectivity index (χ0n) is 22.1. The van der Waals surface area contributed by atoms with E-state index in [1.54, 1.807) is 35.9 Å². The van der Waals surface area contributed by atoms with Crippen molar-refractivity contribution in [2.45, 2.75) is 38.1 Å². The first-order chi connectivity index (χ1) is 19.5. The standard InChI is InChI=1S/C30H26F4N4O3/c1-3-37-28-24(25(17(2)39)36-38(28)22-10-5-4-6-11-22)23(18-12-14-21(31)15-13-18)26(29(37)41)35-27(40)19-8-7-9-20(16-19)30(32,33)34/h4-17,23,26,39H,3H2,1-2H3,(H,35,40)/t17?,23-,26-/m0/s1. The minimum absolute atomic E-state index is 0.162. The average molecular weight is 567 g/mol. The van der Waals surface area contributed by atoms with Crippen LogP contribution >= 0.6 is 0 Å². The first-order valence-corrected chi connectivity index (χ1v) is 12.9. The van der Waals surface area contributed by atoms with Crippen LogP contribution in [0.15, 0.2) is 78.9 Å². The highest BCUT2D eigenvalue weighted by molar-refractivity contribution is 6.05. The highest BCUT2D eigenvalue weighted by Gasteiger charge is 2.46. The molecule has 2 N–H and O–H groups in total. The third kappa shape index (κ3) is 5.20. The topological polar surface area (TPSA) is 87.5 Å². The zero-order chi connectivity index (χ0) is 29.5. The fourth-order valence-electron chi connectivity index (χ4n) is 5.18. The molecular weight excluding hydrogens is 540 g/mol. The monoisotopic (exact) mass is 566 g/mol. The third-order valence-corrected chi connectivity index (χ3v) is 7.04. The highest BCUT2D eigenvalue weighted by atomic mass is 19.4. The molecule has 0 spiro atoms. The molecule has 2 amide bonds. The molecule has 0 saturated carbocycles. The number of benzene rings is 3. The Morgan fingerprint density at radius 3 is 2.34 bits per heavy atom. The number of halogens is 4. The van der Waals surface area contributed by atoms with Crippen molar-refractivity contribution >= 4 is 17.6 Å². The molecule has 41 heavy (non-hydrogen) atoms. The van der Waals surface area contributed by atoms with Gasteiger partial charge in [-0.3, -0.25) is 14.5 Å². The lowest BCUT2D eigenvalue weighted by molar-refractivity contribution is -0.137. The number of rotatable bonds is 6. The summed E-state index contributed by atoms with van der Waals surface area (Å²) >= 11 is 0. The zero-order valence-corrected chi connectivity index (χ0v) is 22.1. The van der Waals surface area contributed by atoms with Crippen molar-refractivity contribution in [1.82, 2.24) is 15.1 Å². The molecule has 1 aromatic heterocycles. The van der Waals surface area contributed by atoms with Crippen molar-refractivity contribution in [2.24, 2.45) is 0 Å². The molecule has 1 unspecified atom stereocenters. The van der Waals surface area contributed by atoms with E-state index >= 15 is 0 Å². The molecule has 1 aliphatic rings. The Bertz CT molecular complexity index is 1580. The summed E-state index contributed by atoms with van der Waals surface area (Å²) in [6, 6.07) is 16.9. The molecule has 1 aliphatic heterocycles. The van der Waals surface area contributed by atoms with Gasteiger partial charge in [0.05, 0.1) is 23.0 Å². The van der Waals surface area contributed by atoms with Crippen LogP contribution in [0.1, 0.15) is 58.6 Å². The quantitative estimate of drug-likeness (QED) is 0.307. The van der Waals surface area contributed by atoms with E-state index in [1.165, 1.54) is 42.2 Å². The molecule has 3 atom stereocenters. The Balaban J connectivity index is 1.70. The molecule has 4 aromatic rings. The van der Waals surface area contributed by atoms with Gasteiger partial charge in [0.25, 0.3) is 11.8 Å². The van der Waals surface area contributed by atoms with E-state index in [4.69, 9.17) is 0 Å². The molecule has 0 saturated heterocycles.